The van der Waals surface area contributed by atoms with Gasteiger partial charge in [0.05, 0.1) is 13.0 Å². The molecular weight excluding hydrogens is 244 g/mol. The van der Waals surface area contributed by atoms with E-state index in [1.807, 2.05) is 18.7 Å². The van der Waals surface area contributed by atoms with Gasteiger partial charge in [0.25, 0.3) is 0 Å². The summed E-state index contributed by atoms with van der Waals surface area (Å²) in [6.45, 7) is 9.04. The van der Waals surface area contributed by atoms with Crippen LogP contribution >= 0.6 is 0 Å². The fraction of sp³-hybridized carbons (Fsp3) is 0.857. The number of rotatable bonds is 11. The summed E-state index contributed by atoms with van der Waals surface area (Å²) in [6.07, 6.45) is 3.35. The molecule has 1 amide bonds. The van der Waals surface area contributed by atoms with E-state index >= 15 is 0 Å². The summed E-state index contributed by atoms with van der Waals surface area (Å²) in [4.78, 5) is 26.4. The van der Waals surface area contributed by atoms with E-state index in [0.29, 0.717) is 26.2 Å². The molecule has 0 rings (SSSR count). The Morgan fingerprint density at radius 2 is 1.63 bits per heavy atom. The molecule has 0 aliphatic carbocycles. The first kappa shape index (κ1) is 17.9. The number of carboxylic acids is 1. The lowest BCUT2D eigenvalue weighted by Crippen LogP contribution is -2.41. The second-order valence-corrected chi connectivity index (χ2v) is 4.69. The maximum Gasteiger partial charge on any atom is 0.304 e. The fourth-order valence-corrected chi connectivity index (χ4v) is 1.98. The second-order valence-electron chi connectivity index (χ2n) is 4.69. The lowest BCUT2D eigenvalue weighted by atomic mass is 10.2. The standard InChI is InChI=1S/C14H28N2O3/c1-4-7-8-10-15(11-9-14(18)19)12-13(17)16(5-2)6-3/h4-12H2,1-3H3,(H,18,19). The molecule has 5 nitrogen and oxygen atoms in total. The Bertz CT molecular complexity index is 265. The molecule has 1 N–H and O–H groups in total. The van der Waals surface area contributed by atoms with E-state index in [0.717, 1.165) is 25.8 Å². The van der Waals surface area contributed by atoms with Crippen LogP contribution in [-0.4, -0.2) is 59.5 Å². The summed E-state index contributed by atoms with van der Waals surface area (Å²) in [6, 6.07) is 0. The number of aliphatic carboxylic acids is 1. The van der Waals surface area contributed by atoms with Gasteiger partial charge in [-0.05, 0) is 26.8 Å². The molecule has 0 aliphatic rings. The highest BCUT2D eigenvalue weighted by Gasteiger charge is 2.15. The molecule has 19 heavy (non-hydrogen) atoms. The number of likely N-dealkylation sites (N-methyl/N-ethyl adjacent to an activating group) is 1. The van der Waals surface area contributed by atoms with Crippen LogP contribution in [0.4, 0.5) is 0 Å². The Labute approximate surface area is 116 Å². The molecule has 0 saturated heterocycles. The Hall–Kier alpha value is -1.10. The van der Waals surface area contributed by atoms with Crippen LogP contribution in [0.15, 0.2) is 0 Å². The van der Waals surface area contributed by atoms with Crippen molar-refractivity contribution < 1.29 is 14.7 Å². The van der Waals surface area contributed by atoms with Gasteiger partial charge in [0.15, 0.2) is 0 Å². The van der Waals surface area contributed by atoms with Crippen molar-refractivity contribution in [2.75, 3.05) is 32.7 Å². The number of carbonyl (C=O) groups excluding carboxylic acids is 1. The molecule has 0 atom stereocenters. The predicted molar refractivity (Wildman–Crippen MR) is 76.1 cm³/mol. The summed E-state index contributed by atoms with van der Waals surface area (Å²) in [5.41, 5.74) is 0. The summed E-state index contributed by atoms with van der Waals surface area (Å²) in [5, 5.41) is 8.75. The quantitative estimate of drug-likeness (QED) is 0.583. The molecule has 0 aliphatic heterocycles. The van der Waals surface area contributed by atoms with Crippen LogP contribution in [0.2, 0.25) is 0 Å². The topological polar surface area (TPSA) is 60.9 Å². The average molecular weight is 272 g/mol. The highest BCUT2D eigenvalue weighted by molar-refractivity contribution is 5.78. The van der Waals surface area contributed by atoms with Gasteiger partial charge < -0.3 is 10.0 Å². The first-order valence-corrected chi connectivity index (χ1v) is 7.27. The molecule has 0 heterocycles. The molecular formula is C14H28N2O3. The zero-order valence-corrected chi connectivity index (χ0v) is 12.5. The summed E-state index contributed by atoms with van der Waals surface area (Å²) >= 11 is 0. The van der Waals surface area contributed by atoms with Gasteiger partial charge in [-0.15, -0.1) is 0 Å². The van der Waals surface area contributed by atoms with E-state index in [9.17, 15) is 9.59 Å². The number of carboxylic acid groups (broad SMARTS) is 1. The zero-order valence-electron chi connectivity index (χ0n) is 12.5. The van der Waals surface area contributed by atoms with Gasteiger partial charge in [-0.2, -0.15) is 0 Å². The molecule has 0 spiro atoms. The van der Waals surface area contributed by atoms with E-state index < -0.39 is 5.97 Å². The van der Waals surface area contributed by atoms with Crippen LogP contribution in [-0.2, 0) is 9.59 Å². The van der Waals surface area contributed by atoms with E-state index in [1.54, 1.807) is 4.90 Å². The number of unbranched alkanes of at least 4 members (excludes halogenated alkanes) is 2. The maximum atomic E-state index is 12.0. The van der Waals surface area contributed by atoms with Crippen LogP contribution in [0.3, 0.4) is 0 Å². The molecule has 112 valence electrons. The fourth-order valence-electron chi connectivity index (χ4n) is 1.98. The molecule has 0 radical (unpaired) electrons. The van der Waals surface area contributed by atoms with Crippen molar-refractivity contribution in [1.82, 2.24) is 9.80 Å². The highest BCUT2D eigenvalue weighted by Crippen LogP contribution is 2.02. The number of nitrogens with zero attached hydrogens (tertiary/aromatic N) is 2. The largest absolute Gasteiger partial charge is 0.481 e. The molecule has 0 aromatic rings. The minimum absolute atomic E-state index is 0.0897. The second kappa shape index (κ2) is 10.8. The number of carbonyl (C=O) groups is 2. The number of hydrogen-bond acceptors (Lipinski definition) is 3. The summed E-state index contributed by atoms with van der Waals surface area (Å²) in [5.74, 6) is -0.720. The van der Waals surface area contributed by atoms with Gasteiger partial charge in [0, 0.05) is 19.6 Å². The first-order valence-electron chi connectivity index (χ1n) is 7.27. The van der Waals surface area contributed by atoms with Crippen LogP contribution in [0.25, 0.3) is 0 Å². The van der Waals surface area contributed by atoms with Crippen molar-refractivity contribution in [1.29, 1.82) is 0 Å². The van der Waals surface area contributed by atoms with Gasteiger partial charge in [0.2, 0.25) is 5.91 Å². The lowest BCUT2D eigenvalue weighted by molar-refractivity contribution is -0.138. The third kappa shape index (κ3) is 8.59. The van der Waals surface area contributed by atoms with Crippen molar-refractivity contribution in [2.45, 2.75) is 46.5 Å². The van der Waals surface area contributed by atoms with Crippen molar-refractivity contribution in [2.24, 2.45) is 0 Å². The van der Waals surface area contributed by atoms with Crippen molar-refractivity contribution in [3.63, 3.8) is 0 Å². The van der Waals surface area contributed by atoms with E-state index in [1.165, 1.54) is 0 Å². The Morgan fingerprint density at radius 3 is 2.11 bits per heavy atom. The van der Waals surface area contributed by atoms with Crippen LogP contribution in [0, 0.1) is 0 Å². The molecule has 0 fully saturated rings. The van der Waals surface area contributed by atoms with E-state index in [2.05, 4.69) is 6.92 Å². The first-order chi connectivity index (χ1) is 9.04. The minimum Gasteiger partial charge on any atom is -0.481 e. The molecule has 5 heteroatoms. The third-order valence-corrected chi connectivity index (χ3v) is 3.19. The van der Waals surface area contributed by atoms with Gasteiger partial charge in [-0.25, -0.2) is 0 Å². The monoisotopic (exact) mass is 272 g/mol. The van der Waals surface area contributed by atoms with E-state index in [4.69, 9.17) is 5.11 Å². The van der Waals surface area contributed by atoms with Crippen LogP contribution in [0.5, 0.6) is 0 Å². The summed E-state index contributed by atoms with van der Waals surface area (Å²) in [7, 11) is 0. The van der Waals surface area contributed by atoms with E-state index in [-0.39, 0.29) is 12.3 Å². The smallest absolute Gasteiger partial charge is 0.304 e. The zero-order chi connectivity index (χ0) is 14.7. The summed E-state index contributed by atoms with van der Waals surface area (Å²) < 4.78 is 0. The van der Waals surface area contributed by atoms with Crippen molar-refractivity contribution >= 4 is 11.9 Å². The SMILES string of the molecule is CCCCCN(CCC(=O)O)CC(=O)N(CC)CC. The molecule has 0 saturated carbocycles. The van der Waals surface area contributed by atoms with Gasteiger partial charge in [0.1, 0.15) is 0 Å². The Morgan fingerprint density at radius 1 is 1.00 bits per heavy atom. The number of amides is 1. The van der Waals surface area contributed by atoms with Gasteiger partial charge in [-0.1, -0.05) is 19.8 Å². The van der Waals surface area contributed by atoms with Gasteiger partial charge in [-0.3, -0.25) is 14.5 Å². The molecule has 0 aromatic carbocycles. The molecule has 0 bridgehead atoms. The van der Waals surface area contributed by atoms with Crippen molar-refractivity contribution in [3.8, 4) is 0 Å². The van der Waals surface area contributed by atoms with Crippen LogP contribution in [0.1, 0.15) is 46.5 Å². The van der Waals surface area contributed by atoms with Crippen LogP contribution < -0.4 is 0 Å². The average Bonchev–Trinajstić information content (AvgIpc) is 2.37. The highest BCUT2D eigenvalue weighted by atomic mass is 16.4. The van der Waals surface area contributed by atoms with Crippen molar-refractivity contribution in [3.05, 3.63) is 0 Å². The maximum absolute atomic E-state index is 12.0. The predicted octanol–water partition coefficient (Wildman–Crippen LogP) is 1.82. The molecule has 0 aromatic heterocycles. The Kier molecular flexibility index (Phi) is 10.2. The minimum atomic E-state index is -0.809. The van der Waals surface area contributed by atoms with Gasteiger partial charge >= 0.3 is 5.97 Å². The Balaban J connectivity index is 4.29. The number of hydrogen-bond donors (Lipinski definition) is 1. The normalized spacial score (nSPS) is 10.7. The lowest BCUT2D eigenvalue weighted by Gasteiger charge is -2.25. The third-order valence-electron chi connectivity index (χ3n) is 3.19. The molecule has 0 unspecified atom stereocenters.